The Balaban J connectivity index is 4.09. The van der Waals surface area contributed by atoms with Crippen LogP contribution in [0.4, 0.5) is 0 Å². The maximum Gasteiger partial charge on any atom is 0.147 e. The first-order valence-corrected chi connectivity index (χ1v) is 7.37. The summed E-state index contributed by atoms with van der Waals surface area (Å²) in [4.78, 5) is 0. The van der Waals surface area contributed by atoms with Crippen molar-refractivity contribution in [1.29, 1.82) is 0 Å². The van der Waals surface area contributed by atoms with Gasteiger partial charge in [-0.2, -0.15) is 0 Å². The minimum atomic E-state index is -2.82. The SMILES string of the molecule is CCNC(CCS(C)(=O)=O)C(C)CC. The number of nitrogens with one attached hydrogen (secondary N) is 1. The third kappa shape index (κ3) is 6.38. The van der Waals surface area contributed by atoms with Gasteiger partial charge in [-0.05, 0) is 18.9 Å². The van der Waals surface area contributed by atoms with Crippen LogP contribution in [-0.4, -0.2) is 33.0 Å². The van der Waals surface area contributed by atoms with Gasteiger partial charge in [-0.3, -0.25) is 0 Å². The lowest BCUT2D eigenvalue weighted by Gasteiger charge is -2.23. The van der Waals surface area contributed by atoms with Gasteiger partial charge >= 0.3 is 0 Å². The van der Waals surface area contributed by atoms with Gasteiger partial charge in [0.05, 0.1) is 5.75 Å². The topological polar surface area (TPSA) is 46.2 Å². The fourth-order valence-corrected chi connectivity index (χ4v) is 2.16. The Labute approximate surface area is 88.2 Å². The van der Waals surface area contributed by atoms with E-state index in [1.54, 1.807) is 0 Å². The van der Waals surface area contributed by atoms with Crippen molar-refractivity contribution in [2.75, 3.05) is 18.6 Å². The molecule has 0 aromatic rings. The monoisotopic (exact) mass is 221 g/mol. The summed E-state index contributed by atoms with van der Waals surface area (Å²) in [6.07, 6.45) is 3.11. The summed E-state index contributed by atoms with van der Waals surface area (Å²) in [7, 11) is -2.82. The second-order valence-corrected chi connectivity index (χ2v) is 6.23. The molecule has 4 heteroatoms. The zero-order valence-corrected chi connectivity index (χ0v) is 10.5. The predicted octanol–water partition coefficient (Wildman–Crippen LogP) is 1.45. The van der Waals surface area contributed by atoms with Crippen molar-refractivity contribution in [1.82, 2.24) is 5.32 Å². The van der Waals surface area contributed by atoms with Crippen LogP contribution < -0.4 is 5.32 Å². The van der Waals surface area contributed by atoms with E-state index in [0.29, 0.717) is 12.0 Å². The fraction of sp³-hybridized carbons (Fsp3) is 1.00. The van der Waals surface area contributed by atoms with Crippen molar-refractivity contribution in [3.05, 3.63) is 0 Å². The van der Waals surface area contributed by atoms with Crippen LogP contribution in [0.2, 0.25) is 0 Å². The van der Waals surface area contributed by atoms with Gasteiger partial charge in [-0.15, -0.1) is 0 Å². The minimum Gasteiger partial charge on any atom is -0.314 e. The molecule has 2 unspecified atom stereocenters. The Hall–Kier alpha value is -0.0900. The van der Waals surface area contributed by atoms with Crippen LogP contribution in [0.1, 0.15) is 33.6 Å². The molecule has 14 heavy (non-hydrogen) atoms. The van der Waals surface area contributed by atoms with E-state index in [1.807, 2.05) is 0 Å². The first-order valence-electron chi connectivity index (χ1n) is 5.31. The summed E-state index contributed by atoms with van der Waals surface area (Å²) in [5.41, 5.74) is 0. The normalized spacial score (nSPS) is 16.6. The highest BCUT2D eigenvalue weighted by Gasteiger charge is 2.16. The van der Waals surface area contributed by atoms with E-state index in [0.717, 1.165) is 19.4 Å². The van der Waals surface area contributed by atoms with E-state index in [2.05, 4.69) is 26.1 Å². The summed E-state index contributed by atoms with van der Waals surface area (Å²) in [6.45, 7) is 7.25. The molecule has 0 fully saturated rings. The molecule has 0 radical (unpaired) electrons. The molecule has 0 aromatic heterocycles. The average Bonchev–Trinajstić information content (AvgIpc) is 2.09. The Morgan fingerprint density at radius 2 is 1.86 bits per heavy atom. The van der Waals surface area contributed by atoms with Crippen molar-refractivity contribution in [3.63, 3.8) is 0 Å². The van der Waals surface area contributed by atoms with Gasteiger partial charge in [0.25, 0.3) is 0 Å². The second-order valence-electron chi connectivity index (χ2n) is 3.97. The van der Waals surface area contributed by atoms with Crippen molar-refractivity contribution in [3.8, 4) is 0 Å². The number of hydrogen-bond donors (Lipinski definition) is 1. The van der Waals surface area contributed by atoms with Crippen LogP contribution in [-0.2, 0) is 9.84 Å². The summed E-state index contributed by atoms with van der Waals surface area (Å²) < 4.78 is 22.0. The highest BCUT2D eigenvalue weighted by Crippen LogP contribution is 2.11. The van der Waals surface area contributed by atoms with E-state index in [9.17, 15) is 8.42 Å². The van der Waals surface area contributed by atoms with Gasteiger partial charge in [-0.1, -0.05) is 27.2 Å². The molecule has 0 heterocycles. The van der Waals surface area contributed by atoms with Crippen molar-refractivity contribution >= 4 is 9.84 Å². The molecule has 0 bridgehead atoms. The third-order valence-electron chi connectivity index (χ3n) is 2.60. The second kappa shape index (κ2) is 6.40. The smallest absolute Gasteiger partial charge is 0.147 e. The van der Waals surface area contributed by atoms with Gasteiger partial charge in [0, 0.05) is 12.3 Å². The van der Waals surface area contributed by atoms with E-state index < -0.39 is 9.84 Å². The van der Waals surface area contributed by atoms with Gasteiger partial charge in [0.15, 0.2) is 0 Å². The van der Waals surface area contributed by atoms with Crippen molar-refractivity contribution in [2.24, 2.45) is 5.92 Å². The van der Waals surface area contributed by atoms with Crippen LogP contribution in [0.15, 0.2) is 0 Å². The fourth-order valence-electron chi connectivity index (χ4n) is 1.48. The highest BCUT2D eigenvalue weighted by atomic mass is 32.2. The Kier molecular flexibility index (Phi) is 6.36. The highest BCUT2D eigenvalue weighted by molar-refractivity contribution is 7.90. The predicted molar refractivity (Wildman–Crippen MR) is 61.2 cm³/mol. The molecule has 0 spiro atoms. The van der Waals surface area contributed by atoms with Crippen LogP contribution in [0.3, 0.4) is 0 Å². The maximum atomic E-state index is 11.0. The maximum absolute atomic E-state index is 11.0. The number of rotatable bonds is 7. The molecule has 0 rings (SSSR count). The van der Waals surface area contributed by atoms with Gasteiger partial charge < -0.3 is 5.32 Å². The Bertz CT molecular complexity index is 237. The van der Waals surface area contributed by atoms with E-state index >= 15 is 0 Å². The largest absolute Gasteiger partial charge is 0.314 e. The van der Waals surface area contributed by atoms with Crippen LogP contribution in [0.5, 0.6) is 0 Å². The molecular formula is C10H23NO2S. The summed E-state index contributed by atoms with van der Waals surface area (Å²) >= 11 is 0. The summed E-state index contributed by atoms with van der Waals surface area (Å²) in [6, 6.07) is 0.333. The lowest BCUT2D eigenvalue weighted by Crippen LogP contribution is -2.36. The zero-order valence-electron chi connectivity index (χ0n) is 9.71. The van der Waals surface area contributed by atoms with Gasteiger partial charge in [-0.25, -0.2) is 8.42 Å². The standard InChI is InChI=1S/C10H23NO2S/c1-5-9(3)10(11-6-2)7-8-14(4,12)13/h9-11H,5-8H2,1-4H3. The Morgan fingerprint density at radius 3 is 2.21 bits per heavy atom. The summed E-state index contributed by atoms with van der Waals surface area (Å²) in [5, 5.41) is 3.34. The van der Waals surface area contributed by atoms with Gasteiger partial charge in [0.1, 0.15) is 9.84 Å². The van der Waals surface area contributed by atoms with E-state index in [-0.39, 0.29) is 5.75 Å². The average molecular weight is 221 g/mol. The number of hydrogen-bond acceptors (Lipinski definition) is 3. The number of sulfone groups is 1. The van der Waals surface area contributed by atoms with Crippen molar-refractivity contribution < 1.29 is 8.42 Å². The molecule has 0 aliphatic rings. The van der Waals surface area contributed by atoms with Gasteiger partial charge in [0.2, 0.25) is 0 Å². The molecule has 0 aliphatic carbocycles. The van der Waals surface area contributed by atoms with E-state index in [1.165, 1.54) is 6.26 Å². The molecule has 0 amide bonds. The molecule has 2 atom stereocenters. The molecule has 86 valence electrons. The molecule has 0 saturated heterocycles. The van der Waals surface area contributed by atoms with Crippen molar-refractivity contribution in [2.45, 2.75) is 39.7 Å². The zero-order chi connectivity index (χ0) is 11.2. The molecule has 0 aliphatic heterocycles. The molecule has 1 N–H and O–H groups in total. The molecular weight excluding hydrogens is 198 g/mol. The third-order valence-corrected chi connectivity index (χ3v) is 3.57. The Morgan fingerprint density at radius 1 is 1.29 bits per heavy atom. The van der Waals surface area contributed by atoms with Crippen LogP contribution in [0.25, 0.3) is 0 Å². The van der Waals surface area contributed by atoms with E-state index in [4.69, 9.17) is 0 Å². The quantitative estimate of drug-likeness (QED) is 0.707. The lowest BCUT2D eigenvalue weighted by molar-refractivity contribution is 0.364. The lowest BCUT2D eigenvalue weighted by atomic mass is 9.97. The van der Waals surface area contributed by atoms with Crippen LogP contribution >= 0.6 is 0 Å². The van der Waals surface area contributed by atoms with Crippen LogP contribution in [0, 0.1) is 5.92 Å². The molecule has 0 aromatic carbocycles. The summed E-state index contributed by atoms with van der Waals surface area (Å²) in [5.74, 6) is 0.825. The minimum absolute atomic E-state index is 0.287. The molecule has 3 nitrogen and oxygen atoms in total. The first-order chi connectivity index (χ1) is 6.40. The first kappa shape index (κ1) is 13.9. The molecule has 0 saturated carbocycles.